The fourth-order valence-electron chi connectivity index (χ4n) is 2.76. The van der Waals surface area contributed by atoms with Crippen molar-refractivity contribution in [1.82, 2.24) is 0 Å². The van der Waals surface area contributed by atoms with Gasteiger partial charge in [0.25, 0.3) is 11.6 Å². The van der Waals surface area contributed by atoms with E-state index in [1.54, 1.807) is 6.07 Å². The molecule has 7 nitrogen and oxygen atoms in total. The van der Waals surface area contributed by atoms with Crippen molar-refractivity contribution in [1.29, 1.82) is 5.26 Å². The Balaban J connectivity index is 1.80. The number of nitro benzene ring substituents is 1. The van der Waals surface area contributed by atoms with Crippen molar-refractivity contribution in [3.05, 3.63) is 103 Å². The number of amides is 1. The Bertz CT molecular complexity index is 1260. The van der Waals surface area contributed by atoms with E-state index < -0.39 is 10.8 Å². The molecule has 0 aliphatic rings. The molecule has 1 amide bonds. The van der Waals surface area contributed by atoms with E-state index in [1.165, 1.54) is 30.3 Å². The molecular formula is C23H14Cl3N3O4. The molecule has 1 N–H and O–H groups in total. The number of hydrogen-bond donors (Lipinski definition) is 1. The summed E-state index contributed by atoms with van der Waals surface area (Å²) in [4.78, 5) is 22.9. The summed E-state index contributed by atoms with van der Waals surface area (Å²) in [5.74, 6) is -0.540. The van der Waals surface area contributed by atoms with Gasteiger partial charge in [0, 0.05) is 12.1 Å². The molecule has 10 heteroatoms. The van der Waals surface area contributed by atoms with Gasteiger partial charge in [-0.2, -0.15) is 5.26 Å². The third kappa shape index (κ3) is 6.24. The van der Waals surface area contributed by atoms with Crippen LogP contribution in [0, 0.1) is 21.4 Å². The molecule has 3 rings (SSSR count). The molecular weight excluding hydrogens is 489 g/mol. The minimum atomic E-state index is -0.809. The number of rotatable bonds is 7. The van der Waals surface area contributed by atoms with Crippen LogP contribution in [0.3, 0.4) is 0 Å². The first-order valence-corrected chi connectivity index (χ1v) is 10.4. The molecule has 0 spiro atoms. The highest BCUT2D eigenvalue weighted by Gasteiger charge is 2.16. The minimum absolute atomic E-state index is 0.00209. The molecule has 0 aliphatic heterocycles. The molecule has 0 aromatic heterocycles. The van der Waals surface area contributed by atoms with E-state index in [1.807, 2.05) is 30.3 Å². The lowest BCUT2D eigenvalue weighted by Crippen LogP contribution is -2.14. The minimum Gasteiger partial charge on any atom is -0.486 e. The predicted molar refractivity (Wildman–Crippen MR) is 128 cm³/mol. The van der Waals surface area contributed by atoms with E-state index in [-0.39, 0.29) is 44.4 Å². The summed E-state index contributed by atoms with van der Waals surface area (Å²) in [6, 6.07) is 17.8. The molecule has 0 saturated carbocycles. The Morgan fingerprint density at radius 1 is 1.06 bits per heavy atom. The zero-order valence-electron chi connectivity index (χ0n) is 16.7. The standard InChI is InChI=1S/C23H14Cl3N3O4/c24-18-7-6-17(29(31)32)11-21(18)28-23(30)16(12-27)8-15-9-19(25)22(20(26)10-15)33-13-14-4-2-1-3-5-14/h1-11H,13H2,(H,28,30)/b16-8+. The van der Waals surface area contributed by atoms with Crippen molar-refractivity contribution >= 4 is 58.2 Å². The molecule has 0 fully saturated rings. The average molecular weight is 503 g/mol. The second kappa shape index (κ2) is 10.8. The van der Waals surface area contributed by atoms with Crippen molar-refractivity contribution in [3.8, 4) is 11.8 Å². The van der Waals surface area contributed by atoms with Crippen molar-refractivity contribution in [2.24, 2.45) is 0 Å². The van der Waals surface area contributed by atoms with Crippen molar-refractivity contribution < 1.29 is 14.5 Å². The Morgan fingerprint density at radius 2 is 1.73 bits per heavy atom. The number of benzene rings is 3. The topological polar surface area (TPSA) is 105 Å². The first kappa shape index (κ1) is 24.1. The quantitative estimate of drug-likeness (QED) is 0.168. The van der Waals surface area contributed by atoms with Crippen LogP contribution < -0.4 is 10.1 Å². The molecule has 3 aromatic rings. The summed E-state index contributed by atoms with van der Waals surface area (Å²) in [6.07, 6.45) is 1.28. The first-order valence-electron chi connectivity index (χ1n) is 9.31. The molecule has 3 aromatic carbocycles. The normalized spacial score (nSPS) is 10.9. The number of ether oxygens (including phenoxy) is 1. The molecule has 0 bridgehead atoms. The zero-order chi connectivity index (χ0) is 24.0. The van der Waals surface area contributed by atoms with Gasteiger partial charge in [-0.25, -0.2) is 0 Å². The summed E-state index contributed by atoms with van der Waals surface area (Å²) in [7, 11) is 0. The SMILES string of the molecule is N#C/C(=C\c1cc(Cl)c(OCc2ccccc2)c(Cl)c1)C(=O)Nc1cc([N+](=O)[O-])ccc1Cl. The average Bonchev–Trinajstić information content (AvgIpc) is 2.78. The second-order valence-corrected chi connectivity index (χ2v) is 7.85. The van der Waals surface area contributed by atoms with Crippen LogP contribution in [-0.4, -0.2) is 10.8 Å². The summed E-state index contributed by atoms with van der Waals surface area (Å²) in [5.41, 5.74) is 0.757. The highest BCUT2D eigenvalue weighted by molar-refractivity contribution is 6.37. The number of carbonyl (C=O) groups excluding carboxylic acids is 1. The van der Waals surface area contributed by atoms with Crippen LogP contribution in [-0.2, 0) is 11.4 Å². The van der Waals surface area contributed by atoms with Crippen LogP contribution in [0.5, 0.6) is 5.75 Å². The first-order chi connectivity index (χ1) is 15.8. The number of nitrogens with zero attached hydrogens (tertiary/aromatic N) is 2. The number of carbonyl (C=O) groups is 1. The Hall–Kier alpha value is -3.57. The smallest absolute Gasteiger partial charge is 0.271 e. The summed E-state index contributed by atoms with van der Waals surface area (Å²) in [6.45, 7) is 0.255. The Kier molecular flexibility index (Phi) is 7.91. The third-order valence-corrected chi connectivity index (χ3v) is 5.22. The Labute approximate surface area is 203 Å². The van der Waals surface area contributed by atoms with E-state index in [0.29, 0.717) is 5.56 Å². The predicted octanol–water partition coefficient (Wildman–Crippen LogP) is 6.68. The molecule has 0 heterocycles. The van der Waals surface area contributed by atoms with Crippen LogP contribution >= 0.6 is 34.8 Å². The zero-order valence-corrected chi connectivity index (χ0v) is 19.0. The number of non-ortho nitro benzene ring substituents is 1. The maximum atomic E-state index is 12.6. The van der Waals surface area contributed by atoms with Crippen LogP contribution in [0.1, 0.15) is 11.1 Å². The van der Waals surface area contributed by atoms with Gasteiger partial charge >= 0.3 is 0 Å². The van der Waals surface area contributed by atoms with Crippen molar-refractivity contribution in [2.45, 2.75) is 6.61 Å². The number of anilines is 1. The largest absolute Gasteiger partial charge is 0.486 e. The van der Waals surface area contributed by atoms with Crippen LogP contribution in [0.15, 0.2) is 66.2 Å². The number of hydrogen-bond acceptors (Lipinski definition) is 5. The fourth-order valence-corrected chi connectivity index (χ4v) is 3.54. The second-order valence-electron chi connectivity index (χ2n) is 6.63. The van der Waals surface area contributed by atoms with E-state index in [2.05, 4.69) is 5.32 Å². The Morgan fingerprint density at radius 3 is 2.33 bits per heavy atom. The lowest BCUT2D eigenvalue weighted by Gasteiger charge is -2.11. The summed E-state index contributed by atoms with van der Waals surface area (Å²) < 4.78 is 5.71. The monoisotopic (exact) mass is 501 g/mol. The number of nitro groups is 1. The lowest BCUT2D eigenvalue weighted by molar-refractivity contribution is -0.384. The van der Waals surface area contributed by atoms with Gasteiger partial charge in [0.2, 0.25) is 0 Å². The lowest BCUT2D eigenvalue weighted by atomic mass is 10.1. The molecule has 0 radical (unpaired) electrons. The van der Waals surface area contributed by atoms with Crippen LogP contribution in [0.25, 0.3) is 6.08 Å². The van der Waals surface area contributed by atoms with Gasteiger partial charge in [-0.05, 0) is 35.4 Å². The van der Waals surface area contributed by atoms with Gasteiger partial charge in [-0.15, -0.1) is 0 Å². The summed E-state index contributed by atoms with van der Waals surface area (Å²) in [5, 5.41) is 23.3. The van der Waals surface area contributed by atoms with Crippen LogP contribution in [0.4, 0.5) is 11.4 Å². The maximum absolute atomic E-state index is 12.6. The molecule has 0 aliphatic carbocycles. The number of nitrogens with one attached hydrogen (secondary N) is 1. The van der Waals surface area contributed by atoms with Gasteiger partial charge < -0.3 is 10.1 Å². The highest BCUT2D eigenvalue weighted by atomic mass is 35.5. The maximum Gasteiger partial charge on any atom is 0.271 e. The number of halogens is 3. The van der Waals surface area contributed by atoms with E-state index >= 15 is 0 Å². The van der Waals surface area contributed by atoms with Crippen LogP contribution in [0.2, 0.25) is 15.1 Å². The molecule has 0 atom stereocenters. The van der Waals surface area contributed by atoms with Gasteiger partial charge in [-0.1, -0.05) is 65.1 Å². The molecule has 0 unspecified atom stereocenters. The van der Waals surface area contributed by atoms with E-state index in [4.69, 9.17) is 39.5 Å². The fraction of sp³-hybridized carbons (Fsp3) is 0.0435. The van der Waals surface area contributed by atoms with Crippen molar-refractivity contribution in [3.63, 3.8) is 0 Å². The molecule has 0 saturated heterocycles. The van der Waals surface area contributed by atoms with Gasteiger partial charge in [0.15, 0.2) is 5.75 Å². The third-order valence-electron chi connectivity index (χ3n) is 4.33. The molecule has 33 heavy (non-hydrogen) atoms. The van der Waals surface area contributed by atoms with E-state index in [9.17, 15) is 20.2 Å². The van der Waals surface area contributed by atoms with Gasteiger partial charge in [-0.3, -0.25) is 14.9 Å². The van der Waals surface area contributed by atoms with Gasteiger partial charge in [0.1, 0.15) is 18.2 Å². The number of nitriles is 1. The summed E-state index contributed by atoms with van der Waals surface area (Å²) >= 11 is 18.6. The van der Waals surface area contributed by atoms with Gasteiger partial charge in [0.05, 0.1) is 25.7 Å². The highest BCUT2D eigenvalue weighted by Crippen LogP contribution is 2.35. The molecule has 166 valence electrons. The van der Waals surface area contributed by atoms with E-state index in [0.717, 1.165) is 11.6 Å². The van der Waals surface area contributed by atoms with Crippen molar-refractivity contribution in [2.75, 3.05) is 5.32 Å².